The molecule has 0 aromatic carbocycles. The van der Waals surface area contributed by atoms with Gasteiger partial charge in [0.25, 0.3) is 0 Å². The van der Waals surface area contributed by atoms with Crippen LogP contribution in [0.3, 0.4) is 0 Å². The molecule has 0 aliphatic carbocycles. The molecular formula is C22H40O5. The summed E-state index contributed by atoms with van der Waals surface area (Å²) in [7, 11) is 0. The Morgan fingerprint density at radius 2 is 1.74 bits per heavy atom. The van der Waals surface area contributed by atoms with Crippen molar-refractivity contribution in [2.45, 2.75) is 71.6 Å². The Labute approximate surface area is 165 Å². The first-order chi connectivity index (χ1) is 13.1. The summed E-state index contributed by atoms with van der Waals surface area (Å²) in [5.74, 6) is 1.78. The van der Waals surface area contributed by atoms with Crippen LogP contribution in [0, 0.1) is 11.8 Å². The maximum Gasteiger partial charge on any atom is 0.306 e. The molecule has 0 N–H and O–H groups in total. The average molecular weight is 385 g/mol. The topological polar surface area (TPSA) is 54.0 Å². The molecule has 1 fully saturated rings. The first-order valence-electron chi connectivity index (χ1n) is 10.7. The van der Waals surface area contributed by atoms with E-state index in [1.165, 1.54) is 19.3 Å². The first kappa shape index (κ1) is 24.0. The van der Waals surface area contributed by atoms with Crippen molar-refractivity contribution in [1.29, 1.82) is 0 Å². The van der Waals surface area contributed by atoms with E-state index in [4.69, 9.17) is 18.9 Å². The summed E-state index contributed by atoms with van der Waals surface area (Å²) in [5, 5.41) is 0. The van der Waals surface area contributed by atoms with Crippen molar-refractivity contribution in [2.24, 2.45) is 11.8 Å². The van der Waals surface area contributed by atoms with Crippen LogP contribution >= 0.6 is 0 Å². The monoisotopic (exact) mass is 384 g/mol. The molecule has 1 saturated heterocycles. The normalized spacial score (nSPS) is 17.7. The quantitative estimate of drug-likeness (QED) is 0.191. The van der Waals surface area contributed by atoms with Gasteiger partial charge in [-0.2, -0.15) is 0 Å². The van der Waals surface area contributed by atoms with Gasteiger partial charge in [-0.3, -0.25) is 4.79 Å². The van der Waals surface area contributed by atoms with E-state index in [0.29, 0.717) is 24.9 Å². The number of hydrogen-bond donors (Lipinski definition) is 0. The molecule has 1 aliphatic rings. The zero-order valence-electron chi connectivity index (χ0n) is 17.5. The fourth-order valence-corrected chi connectivity index (χ4v) is 3.10. The highest BCUT2D eigenvalue weighted by molar-refractivity contribution is 5.71. The van der Waals surface area contributed by atoms with Crippen molar-refractivity contribution >= 4 is 5.97 Å². The molecule has 27 heavy (non-hydrogen) atoms. The van der Waals surface area contributed by atoms with Crippen molar-refractivity contribution in [3.05, 3.63) is 12.3 Å². The molecule has 0 radical (unpaired) electrons. The lowest BCUT2D eigenvalue weighted by atomic mass is 10.0. The third-order valence-corrected chi connectivity index (χ3v) is 4.76. The van der Waals surface area contributed by atoms with Gasteiger partial charge in [0, 0.05) is 32.3 Å². The number of cyclic esters (lactones) is 1. The summed E-state index contributed by atoms with van der Waals surface area (Å²) in [4.78, 5) is 11.0. The van der Waals surface area contributed by atoms with Gasteiger partial charge in [-0.25, -0.2) is 0 Å². The predicted molar refractivity (Wildman–Crippen MR) is 108 cm³/mol. The molecule has 0 bridgehead atoms. The van der Waals surface area contributed by atoms with E-state index < -0.39 is 0 Å². The van der Waals surface area contributed by atoms with Crippen LogP contribution in [0.2, 0.25) is 0 Å². The number of ether oxygens (including phenoxy) is 4. The second-order valence-corrected chi connectivity index (χ2v) is 7.79. The summed E-state index contributed by atoms with van der Waals surface area (Å²) in [6.07, 6.45) is 9.56. The van der Waals surface area contributed by atoms with E-state index in [1.54, 1.807) is 0 Å². The number of allylic oxidation sites excluding steroid dienone is 1. The second-order valence-electron chi connectivity index (χ2n) is 7.79. The van der Waals surface area contributed by atoms with Gasteiger partial charge in [-0.15, -0.1) is 0 Å². The molecule has 1 aliphatic heterocycles. The number of rotatable bonds is 18. The van der Waals surface area contributed by atoms with E-state index in [1.807, 2.05) is 6.92 Å². The highest BCUT2D eigenvalue weighted by atomic mass is 16.5. The Hall–Kier alpha value is -1.07. The van der Waals surface area contributed by atoms with Gasteiger partial charge in [0.1, 0.15) is 0 Å². The molecule has 0 spiro atoms. The van der Waals surface area contributed by atoms with Gasteiger partial charge in [0.05, 0.1) is 25.4 Å². The van der Waals surface area contributed by atoms with E-state index in [2.05, 4.69) is 13.5 Å². The minimum absolute atomic E-state index is 0.0426. The lowest BCUT2D eigenvalue weighted by Gasteiger charge is -2.12. The molecule has 0 saturated carbocycles. The van der Waals surface area contributed by atoms with Crippen LogP contribution in [0.5, 0.6) is 0 Å². The van der Waals surface area contributed by atoms with Crippen LogP contribution in [-0.2, 0) is 23.7 Å². The fourth-order valence-electron chi connectivity index (χ4n) is 3.10. The maximum atomic E-state index is 11.0. The van der Waals surface area contributed by atoms with Crippen molar-refractivity contribution in [2.75, 3.05) is 39.6 Å². The zero-order chi connectivity index (χ0) is 19.7. The number of unbranched alkanes of at least 4 members (excludes halogenated alkanes) is 3. The minimum atomic E-state index is -0.0426. The zero-order valence-corrected chi connectivity index (χ0v) is 17.5. The summed E-state index contributed by atoms with van der Waals surface area (Å²) >= 11 is 0. The SMILES string of the molecule is C=C(C)OCC(C)CCCCCOCCCOCCCCC1COC(=O)C1. The summed E-state index contributed by atoms with van der Waals surface area (Å²) in [6, 6.07) is 0. The highest BCUT2D eigenvalue weighted by Gasteiger charge is 2.22. The Bertz CT molecular complexity index is 396. The predicted octanol–water partition coefficient (Wildman–Crippen LogP) is 4.89. The largest absolute Gasteiger partial charge is 0.499 e. The molecule has 0 aromatic rings. The van der Waals surface area contributed by atoms with Crippen LogP contribution < -0.4 is 0 Å². The Morgan fingerprint density at radius 3 is 2.37 bits per heavy atom. The molecule has 1 rings (SSSR count). The molecule has 158 valence electrons. The summed E-state index contributed by atoms with van der Waals surface area (Å²) in [5.41, 5.74) is 0. The number of esters is 1. The lowest BCUT2D eigenvalue weighted by molar-refractivity contribution is -0.137. The number of carbonyl (C=O) groups is 1. The average Bonchev–Trinajstić information content (AvgIpc) is 3.05. The van der Waals surface area contributed by atoms with Crippen molar-refractivity contribution in [1.82, 2.24) is 0 Å². The molecule has 2 unspecified atom stereocenters. The molecule has 0 amide bonds. The molecule has 2 atom stereocenters. The van der Waals surface area contributed by atoms with Crippen molar-refractivity contribution < 1.29 is 23.7 Å². The van der Waals surface area contributed by atoms with E-state index in [0.717, 1.165) is 70.9 Å². The summed E-state index contributed by atoms with van der Waals surface area (Å²) < 4.78 is 21.7. The van der Waals surface area contributed by atoms with Gasteiger partial charge in [0.2, 0.25) is 0 Å². The van der Waals surface area contributed by atoms with Gasteiger partial charge < -0.3 is 18.9 Å². The molecule has 0 aromatic heterocycles. The van der Waals surface area contributed by atoms with Crippen molar-refractivity contribution in [3.63, 3.8) is 0 Å². The molecule has 5 heteroatoms. The van der Waals surface area contributed by atoms with Gasteiger partial charge in [0.15, 0.2) is 0 Å². The molecule has 1 heterocycles. The minimum Gasteiger partial charge on any atom is -0.499 e. The second kappa shape index (κ2) is 15.9. The number of hydrogen-bond acceptors (Lipinski definition) is 5. The van der Waals surface area contributed by atoms with Gasteiger partial charge in [-0.1, -0.05) is 32.8 Å². The maximum absolute atomic E-state index is 11.0. The van der Waals surface area contributed by atoms with Crippen molar-refractivity contribution in [3.8, 4) is 0 Å². The third-order valence-electron chi connectivity index (χ3n) is 4.76. The van der Waals surface area contributed by atoms with Crippen LogP contribution in [0.4, 0.5) is 0 Å². The van der Waals surface area contributed by atoms with Crippen LogP contribution in [0.25, 0.3) is 0 Å². The fraction of sp³-hybridized carbons (Fsp3) is 0.864. The van der Waals surface area contributed by atoms with E-state index in [9.17, 15) is 4.79 Å². The molecular weight excluding hydrogens is 344 g/mol. The number of carbonyl (C=O) groups excluding carboxylic acids is 1. The Kier molecular flexibility index (Phi) is 14.1. The van der Waals surface area contributed by atoms with Crippen LogP contribution in [0.15, 0.2) is 12.3 Å². The Balaban J connectivity index is 1.72. The standard InChI is InChI=1S/C22H40O5/c1-19(2)26-17-20(3)10-5-4-7-12-24-14-9-15-25-13-8-6-11-21-16-22(23)27-18-21/h20-21H,1,4-18H2,2-3H3. The van der Waals surface area contributed by atoms with E-state index in [-0.39, 0.29) is 5.97 Å². The third kappa shape index (κ3) is 14.6. The summed E-state index contributed by atoms with van der Waals surface area (Å²) in [6.45, 7) is 12.5. The first-order valence-corrected chi connectivity index (χ1v) is 10.7. The Morgan fingerprint density at radius 1 is 1.07 bits per heavy atom. The van der Waals surface area contributed by atoms with E-state index >= 15 is 0 Å². The van der Waals surface area contributed by atoms with Gasteiger partial charge in [-0.05, 0) is 44.9 Å². The van der Waals surface area contributed by atoms with Crippen LogP contribution in [0.1, 0.15) is 71.6 Å². The lowest BCUT2D eigenvalue weighted by Crippen LogP contribution is -2.05. The molecule has 5 nitrogen and oxygen atoms in total. The highest BCUT2D eigenvalue weighted by Crippen LogP contribution is 2.19. The van der Waals surface area contributed by atoms with Crippen LogP contribution in [-0.4, -0.2) is 45.6 Å². The van der Waals surface area contributed by atoms with Gasteiger partial charge >= 0.3 is 5.97 Å². The smallest absolute Gasteiger partial charge is 0.306 e.